The van der Waals surface area contributed by atoms with Crippen LogP contribution in [0.5, 0.6) is 0 Å². The first-order valence-electron chi connectivity index (χ1n) is 5.50. The molecule has 1 aliphatic heterocycles. The molecule has 0 radical (unpaired) electrons. The Bertz CT molecular complexity index is 286. The summed E-state index contributed by atoms with van der Waals surface area (Å²) in [4.78, 5) is 0. The standard InChI is InChI=1S/C11H19N3/c1-9(2)11-3-5-13-14(11)6-4-10-7-12-8-10/h3,5,9-10,12H,4,6-8H2,1-2H3. The molecule has 1 aromatic rings. The molecule has 3 nitrogen and oxygen atoms in total. The van der Waals surface area contributed by atoms with Crippen molar-refractivity contribution in [3.8, 4) is 0 Å². The maximum Gasteiger partial charge on any atom is 0.0492 e. The lowest BCUT2D eigenvalue weighted by Gasteiger charge is -2.27. The highest BCUT2D eigenvalue weighted by atomic mass is 15.3. The number of rotatable bonds is 4. The van der Waals surface area contributed by atoms with Crippen LogP contribution in [-0.2, 0) is 6.54 Å². The van der Waals surface area contributed by atoms with Crippen LogP contribution in [0.4, 0.5) is 0 Å². The molecular formula is C11H19N3. The van der Waals surface area contributed by atoms with E-state index in [1.54, 1.807) is 0 Å². The Kier molecular flexibility index (Phi) is 2.87. The van der Waals surface area contributed by atoms with Crippen LogP contribution in [0.1, 0.15) is 31.9 Å². The van der Waals surface area contributed by atoms with Gasteiger partial charge in [0.05, 0.1) is 0 Å². The summed E-state index contributed by atoms with van der Waals surface area (Å²) in [5, 5.41) is 7.66. The Morgan fingerprint density at radius 2 is 2.36 bits per heavy atom. The molecule has 1 aliphatic rings. The van der Waals surface area contributed by atoms with E-state index in [0.717, 1.165) is 12.5 Å². The predicted octanol–water partition coefficient (Wildman–Crippen LogP) is 1.62. The van der Waals surface area contributed by atoms with Crippen molar-refractivity contribution in [2.45, 2.75) is 32.7 Å². The van der Waals surface area contributed by atoms with Gasteiger partial charge in [0, 0.05) is 18.4 Å². The molecule has 1 N–H and O–H groups in total. The van der Waals surface area contributed by atoms with Crippen molar-refractivity contribution in [2.24, 2.45) is 5.92 Å². The van der Waals surface area contributed by atoms with Gasteiger partial charge in [-0.25, -0.2) is 0 Å². The number of hydrogen-bond acceptors (Lipinski definition) is 2. The lowest BCUT2D eigenvalue weighted by molar-refractivity contribution is 0.304. The average molecular weight is 193 g/mol. The van der Waals surface area contributed by atoms with Crippen LogP contribution in [0.25, 0.3) is 0 Å². The molecule has 2 rings (SSSR count). The summed E-state index contributed by atoms with van der Waals surface area (Å²) < 4.78 is 2.16. The molecule has 1 aromatic heterocycles. The monoisotopic (exact) mass is 193 g/mol. The van der Waals surface area contributed by atoms with Gasteiger partial charge in [-0.05, 0) is 37.4 Å². The Morgan fingerprint density at radius 1 is 1.57 bits per heavy atom. The van der Waals surface area contributed by atoms with Crippen LogP contribution >= 0.6 is 0 Å². The second-order valence-corrected chi connectivity index (χ2v) is 4.45. The smallest absolute Gasteiger partial charge is 0.0492 e. The third-order valence-corrected chi connectivity index (χ3v) is 2.96. The molecule has 1 fully saturated rings. The minimum absolute atomic E-state index is 0.581. The topological polar surface area (TPSA) is 29.9 Å². The molecule has 1 saturated heterocycles. The average Bonchev–Trinajstić information content (AvgIpc) is 2.49. The number of nitrogens with one attached hydrogen (secondary N) is 1. The van der Waals surface area contributed by atoms with Crippen LogP contribution in [0.15, 0.2) is 12.3 Å². The number of aromatic nitrogens is 2. The zero-order chi connectivity index (χ0) is 9.97. The van der Waals surface area contributed by atoms with Crippen LogP contribution in [0.3, 0.4) is 0 Å². The molecule has 14 heavy (non-hydrogen) atoms. The number of nitrogens with zero attached hydrogens (tertiary/aromatic N) is 2. The van der Waals surface area contributed by atoms with Crippen molar-refractivity contribution >= 4 is 0 Å². The second kappa shape index (κ2) is 4.13. The van der Waals surface area contributed by atoms with E-state index >= 15 is 0 Å². The van der Waals surface area contributed by atoms with Crippen molar-refractivity contribution in [3.05, 3.63) is 18.0 Å². The number of hydrogen-bond donors (Lipinski definition) is 1. The second-order valence-electron chi connectivity index (χ2n) is 4.45. The van der Waals surface area contributed by atoms with E-state index in [-0.39, 0.29) is 0 Å². The van der Waals surface area contributed by atoms with Crippen molar-refractivity contribution in [3.63, 3.8) is 0 Å². The van der Waals surface area contributed by atoms with E-state index in [1.807, 2.05) is 6.20 Å². The molecule has 3 heteroatoms. The van der Waals surface area contributed by atoms with Crippen LogP contribution in [0.2, 0.25) is 0 Å². The lowest BCUT2D eigenvalue weighted by atomic mass is 9.99. The summed E-state index contributed by atoms with van der Waals surface area (Å²) in [6, 6.07) is 2.13. The van der Waals surface area contributed by atoms with Gasteiger partial charge < -0.3 is 5.32 Å². The molecule has 0 aromatic carbocycles. The minimum atomic E-state index is 0.581. The maximum absolute atomic E-state index is 4.36. The van der Waals surface area contributed by atoms with Crippen molar-refractivity contribution in [1.29, 1.82) is 0 Å². The zero-order valence-corrected chi connectivity index (χ0v) is 9.03. The molecule has 0 aliphatic carbocycles. The van der Waals surface area contributed by atoms with E-state index in [9.17, 15) is 0 Å². The van der Waals surface area contributed by atoms with Gasteiger partial charge in [0.1, 0.15) is 0 Å². The maximum atomic E-state index is 4.36. The molecule has 2 heterocycles. The first-order valence-corrected chi connectivity index (χ1v) is 5.50. The molecular weight excluding hydrogens is 174 g/mol. The highest BCUT2D eigenvalue weighted by Crippen LogP contribution is 2.15. The first kappa shape index (κ1) is 9.71. The lowest BCUT2D eigenvalue weighted by Crippen LogP contribution is -2.42. The Labute approximate surface area is 85.5 Å². The van der Waals surface area contributed by atoms with E-state index in [2.05, 4.69) is 35.0 Å². The van der Waals surface area contributed by atoms with Crippen molar-refractivity contribution in [2.75, 3.05) is 13.1 Å². The fraction of sp³-hybridized carbons (Fsp3) is 0.727. The third-order valence-electron chi connectivity index (χ3n) is 2.96. The molecule has 0 atom stereocenters. The van der Waals surface area contributed by atoms with Crippen molar-refractivity contribution in [1.82, 2.24) is 15.1 Å². The van der Waals surface area contributed by atoms with Gasteiger partial charge >= 0.3 is 0 Å². The SMILES string of the molecule is CC(C)c1ccnn1CCC1CNC1. The van der Waals surface area contributed by atoms with Gasteiger partial charge in [-0.15, -0.1) is 0 Å². The third kappa shape index (κ3) is 1.98. The summed E-state index contributed by atoms with van der Waals surface area (Å²) in [5.41, 5.74) is 1.36. The fourth-order valence-corrected chi connectivity index (χ4v) is 1.88. The summed E-state index contributed by atoms with van der Waals surface area (Å²) >= 11 is 0. The van der Waals surface area contributed by atoms with E-state index < -0.39 is 0 Å². The normalized spacial score (nSPS) is 17.4. The molecule has 0 unspecified atom stereocenters. The van der Waals surface area contributed by atoms with Gasteiger partial charge in [-0.2, -0.15) is 5.10 Å². The molecule has 78 valence electrons. The summed E-state index contributed by atoms with van der Waals surface area (Å²) in [7, 11) is 0. The van der Waals surface area contributed by atoms with Gasteiger partial charge in [0.15, 0.2) is 0 Å². The molecule has 0 amide bonds. The summed E-state index contributed by atoms with van der Waals surface area (Å²) in [5.74, 6) is 1.45. The Balaban J connectivity index is 1.90. The molecule has 0 bridgehead atoms. The summed E-state index contributed by atoms with van der Waals surface area (Å²) in [6.45, 7) is 7.90. The Hall–Kier alpha value is -0.830. The van der Waals surface area contributed by atoms with Crippen LogP contribution in [-0.4, -0.2) is 22.9 Å². The van der Waals surface area contributed by atoms with Gasteiger partial charge in [-0.1, -0.05) is 13.8 Å². The first-order chi connectivity index (χ1) is 6.77. The van der Waals surface area contributed by atoms with Gasteiger partial charge in [-0.3, -0.25) is 4.68 Å². The zero-order valence-electron chi connectivity index (χ0n) is 9.03. The molecule has 0 spiro atoms. The predicted molar refractivity (Wildman–Crippen MR) is 57.3 cm³/mol. The summed E-state index contributed by atoms with van der Waals surface area (Å²) in [6.07, 6.45) is 3.17. The van der Waals surface area contributed by atoms with E-state index in [0.29, 0.717) is 5.92 Å². The quantitative estimate of drug-likeness (QED) is 0.787. The largest absolute Gasteiger partial charge is 0.316 e. The van der Waals surface area contributed by atoms with Crippen molar-refractivity contribution < 1.29 is 0 Å². The van der Waals surface area contributed by atoms with Crippen LogP contribution in [0, 0.1) is 5.92 Å². The molecule has 0 saturated carbocycles. The minimum Gasteiger partial charge on any atom is -0.316 e. The highest BCUT2D eigenvalue weighted by Gasteiger charge is 2.17. The Morgan fingerprint density at radius 3 is 2.93 bits per heavy atom. The highest BCUT2D eigenvalue weighted by molar-refractivity contribution is 5.05. The van der Waals surface area contributed by atoms with Gasteiger partial charge in [0.25, 0.3) is 0 Å². The van der Waals surface area contributed by atoms with Gasteiger partial charge in [0.2, 0.25) is 0 Å². The van der Waals surface area contributed by atoms with E-state index in [4.69, 9.17) is 0 Å². The fourth-order valence-electron chi connectivity index (χ4n) is 1.88. The van der Waals surface area contributed by atoms with E-state index in [1.165, 1.54) is 25.2 Å². The van der Waals surface area contributed by atoms with Crippen LogP contribution < -0.4 is 5.32 Å². The number of aryl methyl sites for hydroxylation is 1.